The summed E-state index contributed by atoms with van der Waals surface area (Å²) in [5.74, 6) is 0.736. The van der Waals surface area contributed by atoms with E-state index in [9.17, 15) is 4.79 Å². The van der Waals surface area contributed by atoms with Crippen molar-refractivity contribution in [1.29, 1.82) is 0 Å². The lowest BCUT2D eigenvalue weighted by molar-refractivity contribution is -0.143. The van der Waals surface area contributed by atoms with Crippen LogP contribution in [0, 0.1) is 17.8 Å². The molecule has 0 saturated heterocycles. The Kier molecular flexibility index (Phi) is 1.22. The molecule has 2 nitrogen and oxygen atoms in total. The van der Waals surface area contributed by atoms with Crippen LogP contribution in [0.5, 0.6) is 0 Å². The van der Waals surface area contributed by atoms with Crippen LogP contribution in [-0.4, -0.2) is 11.1 Å². The molecule has 2 aliphatic rings. The maximum absolute atomic E-state index is 10.6. The molecule has 0 aromatic heterocycles. The zero-order valence-corrected chi connectivity index (χ0v) is 5.92. The van der Waals surface area contributed by atoms with E-state index in [2.05, 4.69) is 0 Å². The first kappa shape index (κ1) is 6.20. The summed E-state index contributed by atoms with van der Waals surface area (Å²) in [6, 6.07) is 0. The summed E-state index contributed by atoms with van der Waals surface area (Å²) < 4.78 is 0. The minimum atomic E-state index is -0.563. The number of carboxylic acids is 1. The van der Waals surface area contributed by atoms with E-state index < -0.39 is 5.97 Å². The molecule has 10 heavy (non-hydrogen) atoms. The lowest BCUT2D eigenvalue weighted by Gasteiger charge is -2.16. The average molecular weight is 140 g/mol. The normalized spacial score (nSPS) is 44.2. The highest BCUT2D eigenvalue weighted by molar-refractivity contribution is 5.71. The van der Waals surface area contributed by atoms with Crippen molar-refractivity contribution >= 4 is 5.97 Å². The molecule has 0 aromatic carbocycles. The molecule has 0 radical (unpaired) electrons. The van der Waals surface area contributed by atoms with Gasteiger partial charge in [0, 0.05) is 0 Å². The smallest absolute Gasteiger partial charge is 0.306 e. The Balaban J connectivity index is 2.08. The maximum atomic E-state index is 10.6. The molecular weight excluding hydrogens is 128 g/mol. The Hall–Kier alpha value is -0.530. The zero-order chi connectivity index (χ0) is 7.14. The van der Waals surface area contributed by atoms with E-state index in [1.165, 1.54) is 19.3 Å². The molecule has 0 amide bonds. The van der Waals surface area contributed by atoms with Gasteiger partial charge in [-0.1, -0.05) is 6.42 Å². The fraction of sp³-hybridized carbons (Fsp3) is 0.875. The molecule has 2 saturated carbocycles. The van der Waals surface area contributed by atoms with Crippen LogP contribution >= 0.6 is 0 Å². The van der Waals surface area contributed by atoms with Crippen LogP contribution in [0.2, 0.25) is 0 Å². The van der Waals surface area contributed by atoms with E-state index in [1.807, 2.05) is 0 Å². The van der Waals surface area contributed by atoms with Crippen LogP contribution in [-0.2, 0) is 4.79 Å². The number of carbonyl (C=O) groups is 1. The largest absolute Gasteiger partial charge is 0.481 e. The SMILES string of the molecule is O=C(O)[C@@H]1C[C@@H]2CC[C@H]1C2. The van der Waals surface area contributed by atoms with Gasteiger partial charge in [-0.2, -0.15) is 0 Å². The van der Waals surface area contributed by atoms with Crippen LogP contribution in [0.3, 0.4) is 0 Å². The van der Waals surface area contributed by atoms with Crippen molar-refractivity contribution in [3.05, 3.63) is 0 Å². The zero-order valence-electron chi connectivity index (χ0n) is 5.92. The molecule has 56 valence electrons. The van der Waals surface area contributed by atoms with Gasteiger partial charge in [-0.25, -0.2) is 0 Å². The van der Waals surface area contributed by atoms with Gasteiger partial charge in [-0.3, -0.25) is 4.79 Å². The summed E-state index contributed by atoms with van der Waals surface area (Å²) in [4.78, 5) is 10.6. The highest BCUT2D eigenvalue weighted by Gasteiger charge is 2.42. The van der Waals surface area contributed by atoms with Crippen molar-refractivity contribution in [2.45, 2.75) is 25.7 Å². The van der Waals surface area contributed by atoms with E-state index in [0.717, 1.165) is 12.3 Å². The van der Waals surface area contributed by atoms with Crippen molar-refractivity contribution in [2.24, 2.45) is 17.8 Å². The van der Waals surface area contributed by atoms with E-state index in [4.69, 9.17) is 5.11 Å². The van der Waals surface area contributed by atoms with Crippen molar-refractivity contribution in [2.75, 3.05) is 0 Å². The quantitative estimate of drug-likeness (QED) is 0.599. The third-order valence-electron chi connectivity index (χ3n) is 3.06. The molecule has 0 aliphatic heterocycles. The fourth-order valence-corrected chi connectivity index (χ4v) is 2.55. The minimum Gasteiger partial charge on any atom is -0.481 e. The Morgan fingerprint density at radius 3 is 2.40 bits per heavy atom. The van der Waals surface area contributed by atoms with Crippen LogP contribution < -0.4 is 0 Å². The highest BCUT2D eigenvalue weighted by Crippen LogP contribution is 2.48. The first-order chi connectivity index (χ1) is 4.77. The van der Waals surface area contributed by atoms with Crippen molar-refractivity contribution in [3.63, 3.8) is 0 Å². The third-order valence-corrected chi connectivity index (χ3v) is 3.06. The van der Waals surface area contributed by atoms with E-state index >= 15 is 0 Å². The summed E-state index contributed by atoms with van der Waals surface area (Å²) in [6.07, 6.45) is 4.60. The molecular formula is C8H12O2. The lowest BCUT2D eigenvalue weighted by Crippen LogP contribution is -2.19. The van der Waals surface area contributed by atoms with Gasteiger partial charge in [0.2, 0.25) is 0 Å². The second kappa shape index (κ2) is 1.97. The number of fused-ring (bicyclic) bond motifs is 2. The van der Waals surface area contributed by atoms with Gasteiger partial charge in [0.1, 0.15) is 0 Å². The van der Waals surface area contributed by atoms with Gasteiger partial charge in [0.25, 0.3) is 0 Å². The molecule has 0 aromatic rings. The molecule has 2 bridgehead atoms. The third kappa shape index (κ3) is 0.746. The van der Waals surface area contributed by atoms with Crippen LogP contribution in [0.25, 0.3) is 0 Å². The first-order valence-electron chi connectivity index (χ1n) is 4.00. The van der Waals surface area contributed by atoms with Crippen LogP contribution in [0.1, 0.15) is 25.7 Å². The Morgan fingerprint density at radius 2 is 2.10 bits per heavy atom. The van der Waals surface area contributed by atoms with Crippen LogP contribution in [0.4, 0.5) is 0 Å². The van der Waals surface area contributed by atoms with E-state index in [0.29, 0.717) is 5.92 Å². The van der Waals surface area contributed by atoms with Gasteiger partial charge in [-0.05, 0) is 31.1 Å². The highest BCUT2D eigenvalue weighted by atomic mass is 16.4. The lowest BCUT2D eigenvalue weighted by atomic mass is 9.89. The number of carboxylic acid groups (broad SMARTS) is 1. The predicted octanol–water partition coefficient (Wildman–Crippen LogP) is 1.51. The van der Waals surface area contributed by atoms with Gasteiger partial charge in [0.05, 0.1) is 5.92 Å². The molecule has 0 spiro atoms. The fourth-order valence-electron chi connectivity index (χ4n) is 2.55. The van der Waals surface area contributed by atoms with Crippen molar-refractivity contribution < 1.29 is 9.90 Å². The molecule has 0 heterocycles. The number of hydrogen-bond acceptors (Lipinski definition) is 1. The van der Waals surface area contributed by atoms with E-state index in [1.54, 1.807) is 0 Å². The Labute approximate surface area is 60.2 Å². The maximum Gasteiger partial charge on any atom is 0.306 e. The summed E-state index contributed by atoms with van der Waals surface area (Å²) >= 11 is 0. The molecule has 0 unspecified atom stereocenters. The number of hydrogen-bond donors (Lipinski definition) is 1. The van der Waals surface area contributed by atoms with Crippen molar-refractivity contribution in [1.82, 2.24) is 0 Å². The number of rotatable bonds is 1. The molecule has 1 N–H and O–H groups in total. The summed E-state index contributed by atoms with van der Waals surface area (Å²) in [5, 5.41) is 8.74. The summed E-state index contributed by atoms with van der Waals surface area (Å²) in [7, 11) is 0. The Bertz CT molecular complexity index is 165. The molecule has 3 atom stereocenters. The second-order valence-corrected chi connectivity index (χ2v) is 3.62. The summed E-state index contributed by atoms with van der Waals surface area (Å²) in [5.41, 5.74) is 0. The topological polar surface area (TPSA) is 37.3 Å². The second-order valence-electron chi connectivity index (χ2n) is 3.62. The van der Waals surface area contributed by atoms with E-state index in [-0.39, 0.29) is 5.92 Å². The van der Waals surface area contributed by atoms with Gasteiger partial charge in [0.15, 0.2) is 0 Å². The summed E-state index contributed by atoms with van der Waals surface area (Å²) in [6.45, 7) is 0. The predicted molar refractivity (Wildman–Crippen MR) is 36.6 cm³/mol. The standard InChI is InChI=1S/C8H12O2/c9-8(10)7-4-5-1-2-6(7)3-5/h5-7H,1-4H2,(H,9,10)/t5-,6+,7-/m1/s1. The minimum absolute atomic E-state index is 0.0127. The average Bonchev–Trinajstić information content (AvgIpc) is 2.44. The number of aliphatic carboxylic acids is 1. The molecule has 2 aliphatic carbocycles. The van der Waals surface area contributed by atoms with Gasteiger partial charge >= 0.3 is 5.97 Å². The van der Waals surface area contributed by atoms with Crippen LogP contribution in [0.15, 0.2) is 0 Å². The molecule has 2 rings (SSSR count). The van der Waals surface area contributed by atoms with Crippen molar-refractivity contribution in [3.8, 4) is 0 Å². The van der Waals surface area contributed by atoms with Gasteiger partial charge < -0.3 is 5.11 Å². The molecule has 2 fully saturated rings. The Morgan fingerprint density at radius 1 is 1.30 bits per heavy atom. The monoisotopic (exact) mass is 140 g/mol. The van der Waals surface area contributed by atoms with Gasteiger partial charge in [-0.15, -0.1) is 0 Å². The molecule has 2 heteroatoms. The first-order valence-corrected chi connectivity index (χ1v) is 4.00.